The van der Waals surface area contributed by atoms with E-state index in [0.29, 0.717) is 17.1 Å². The standard InChI is InChI=1S/C14H16O7/c1-4-20-14(17)11(15)12-7-5-9(18-2)10(19-3)6-8(7)13(16)21-12/h5-6,11-12,15H,4H2,1-3H3. The molecule has 0 saturated carbocycles. The van der Waals surface area contributed by atoms with Crippen molar-refractivity contribution in [1.29, 1.82) is 0 Å². The van der Waals surface area contributed by atoms with E-state index in [4.69, 9.17) is 18.9 Å². The Morgan fingerprint density at radius 3 is 2.52 bits per heavy atom. The summed E-state index contributed by atoms with van der Waals surface area (Å²) in [5.74, 6) is -0.757. The maximum atomic E-state index is 11.8. The molecule has 1 aromatic rings. The molecule has 0 spiro atoms. The summed E-state index contributed by atoms with van der Waals surface area (Å²) < 4.78 is 20.0. The number of esters is 2. The van der Waals surface area contributed by atoms with Crippen LogP contribution in [0.15, 0.2) is 12.1 Å². The second-order valence-corrected chi connectivity index (χ2v) is 4.32. The summed E-state index contributed by atoms with van der Waals surface area (Å²) in [6.45, 7) is 1.74. The Kier molecular flexibility index (Phi) is 4.32. The molecule has 1 N–H and O–H groups in total. The summed E-state index contributed by atoms with van der Waals surface area (Å²) in [6, 6.07) is 2.96. The van der Waals surface area contributed by atoms with Gasteiger partial charge in [-0.3, -0.25) is 0 Å². The van der Waals surface area contributed by atoms with Gasteiger partial charge in [0.1, 0.15) is 0 Å². The smallest absolute Gasteiger partial charge is 0.339 e. The Bertz CT molecular complexity index is 567. The molecule has 114 valence electrons. The second kappa shape index (κ2) is 6.01. The highest BCUT2D eigenvalue weighted by Crippen LogP contribution is 2.40. The molecule has 1 heterocycles. The molecule has 7 nitrogen and oxygen atoms in total. The average Bonchev–Trinajstić information content (AvgIpc) is 2.81. The predicted octanol–water partition coefficient (Wildman–Crippen LogP) is 0.839. The lowest BCUT2D eigenvalue weighted by molar-refractivity contribution is -0.159. The van der Waals surface area contributed by atoms with E-state index >= 15 is 0 Å². The van der Waals surface area contributed by atoms with Crippen LogP contribution in [0.5, 0.6) is 11.5 Å². The fourth-order valence-electron chi connectivity index (χ4n) is 2.13. The van der Waals surface area contributed by atoms with Crippen molar-refractivity contribution >= 4 is 11.9 Å². The second-order valence-electron chi connectivity index (χ2n) is 4.32. The molecule has 7 heteroatoms. The fraction of sp³-hybridized carbons (Fsp3) is 0.429. The molecule has 0 radical (unpaired) electrons. The van der Waals surface area contributed by atoms with E-state index in [2.05, 4.69) is 0 Å². The average molecular weight is 296 g/mol. The van der Waals surface area contributed by atoms with Crippen LogP contribution in [-0.4, -0.2) is 44.0 Å². The van der Waals surface area contributed by atoms with Gasteiger partial charge < -0.3 is 24.1 Å². The molecule has 2 atom stereocenters. The Morgan fingerprint density at radius 2 is 1.95 bits per heavy atom. The molecule has 2 rings (SSSR count). The normalized spacial score (nSPS) is 17.7. The quantitative estimate of drug-likeness (QED) is 0.805. The van der Waals surface area contributed by atoms with Crippen LogP contribution in [0.1, 0.15) is 28.9 Å². The lowest BCUT2D eigenvalue weighted by Crippen LogP contribution is -2.30. The lowest BCUT2D eigenvalue weighted by atomic mass is 10.0. The van der Waals surface area contributed by atoms with Crippen molar-refractivity contribution in [3.05, 3.63) is 23.3 Å². The number of carbonyl (C=O) groups excluding carboxylic acids is 2. The van der Waals surface area contributed by atoms with E-state index in [1.165, 1.54) is 26.4 Å². The van der Waals surface area contributed by atoms with Crippen molar-refractivity contribution in [2.24, 2.45) is 0 Å². The molecule has 1 aliphatic rings. The van der Waals surface area contributed by atoms with Crippen LogP contribution in [-0.2, 0) is 14.3 Å². The third-order valence-corrected chi connectivity index (χ3v) is 3.13. The number of aliphatic hydroxyl groups is 1. The molecular formula is C14H16O7. The van der Waals surface area contributed by atoms with Crippen LogP contribution < -0.4 is 9.47 Å². The number of hydrogen-bond donors (Lipinski definition) is 1. The summed E-state index contributed by atoms with van der Waals surface area (Å²) in [5, 5.41) is 9.98. The summed E-state index contributed by atoms with van der Waals surface area (Å²) >= 11 is 0. The number of methoxy groups -OCH3 is 2. The van der Waals surface area contributed by atoms with Crippen molar-refractivity contribution in [2.45, 2.75) is 19.1 Å². The lowest BCUT2D eigenvalue weighted by Gasteiger charge is -2.17. The van der Waals surface area contributed by atoms with E-state index in [1.807, 2.05) is 0 Å². The van der Waals surface area contributed by atoms with E-state index in [-0.39, 0.29) is 12.2 Å². The highest BCUT2D eigenvalue weighted by molar-refractivity contribution is 5.96. The van der Waals surface area contributed by atoms with Gasteiger partial charge in [0.05, 0.1) is 26.4 Å². The number of aliphatic hydroxyl groups excluding tert-OH is 1. The van der Waals surface area contributed by atoms with Gasteiger partial charge in [-0.05, 0) is 19.1 Å². The molecule has 21 heavy (non-hydrogen) atoms. The number of fused-ring (bicyclic) bond motifs is 1. The fourth-order valence-corrected chi connectivity index (χ4v) is 2.13. The molecule has 0 saturated heterocycles. The SMILES string of the molecule is CCOC(=O)C(O)C1OC(=O)c2cc(OC)c(OC)cc21. The summed E-state index contributed by atoms with van der Waals surface area (Å²) in [6.07, 6.45) is -2.71. The zero-order valence-electron chi connectivity index (χ0n) is 11.9. The van der Waals surface area contributed by atoms with Gasteiger partial charge in [-0.1, -0.05) is 0 Å². The minimum absolute atomic E-state index is 0.120. The van der Waals surface area contributed by atoms with Crippen LogP contribution in [0.25, 0.3) is 0 Å². The van der Waals surface area contributed by atoms with E-state index in [1.54, 1.807) is 6.92 Å². The zero-order chi connectivity index (χ0) is 15.6. The van der Waals surface area contributed by atoms with Gasteiger partial charge in [-0.15, -0.1) is 0 Å². The maximum absolute atomic E-state index is 11.8. The third kappa shape index (κ3) is 2.64. The van der Waals surface area contributed by atoms with Crippen LogP contribution >= 0.6 is 0 Å². The minimum Gasteiger partial charge on any atom is -0.493 e. The van der Waals surface area contributed by atoms with Gasteiger partial charge in [-0.25, -0.2) is 9.59 Å². The van der Waals surface area contributed by atoms with Gasteiger partial charge in [0, 0.05) is 5.56 Å². The molecule has 2 unspecified atom stereocenters. The largest absolute Gasteiger partial charge is 0.493 e. The Morgan fingerprint density at radius 1 is 1.33 bits per heavy atom. The number of rotatable bonds is 5. The topological polar surface area (TPSA) is 91.3 Å². The number of benzene rings is 1. The predicted molar refractivity (Wildman–Crippen MR) is 70.3 cm³/mol. The van der Waals surface area contributed by atoms with Gasteiger partial charge in [0.15, 0.2) is 23.7 Å². The highest BCUT2D eigenvalue weighted by Gasteiger charge is 2.41. The van der Waals surface area contributed by atoms with Crippen LogP contribution in [0, 0.1) is 0 Å². The number of carbonyl (C=O) groups is 2. The van der Waals surface area contributed by atoms with Gasteiger partial charge in [0.25, 0.3) is 0 Å². The van der Waals surface area contributed by atoms with Gasteiger partial charge in [-0.2, -0.15) is 0 Å². The van der Waals surface area contributed by atoms with Gasteiger partial charge >= 0.3 is 11.9 Å². The number of hydrogen-bond acceptors (Lipinski definition) is 7. The Balaban J connectivity index is 2.40. The van der Waals surface area contributed by atoms with E-state index in [9.17, 15) is 14.7 Å². The monoisotopic (exact) mass is 296 g/mol. The first-order chi connectivity index (χ1) is 10.0. The number of ether oxygens (including phenoxy) is 4. The summed E-state index contributed by atoms with van der Waals surface area (Å²) in [4.78, 5) is 23.5. The molecule has 0 amide bonds. The third-order valence-electron chi connectivity index (χ3n) is 3.13. The van der Waals surface area contributed by atoms with Crippen molar-refractivity contribution in [3.63, 3.8) is 0 Å². The molecular weight excluding hydrogens is 280 g/mol. The molecule has 0 aliphatic carbocycles. The van der Waals surface area contributed by atoms with Crippen molar-refractivity contribution in [2.75, 3.05) is 20.8 Å². The summed E-state index contributed by atoms with van der Waals surface area (Å²) in [7, 11) is 2.88. The Hall–Kier alpha value is -2.28. The maximum Gasteiger partial charge on any atom is 0.339 e. The first-order valence-corrected chi connectivity index (χ1v) is 6.35. The zero-order valence-corrected chi connectivity index (χ0v) is 11.9. The molecule has 1 aliphatic heterocycles. The van der Waals surface area contributed by atoms with Gasteiger partial charge in [0.2, 0.25) is 0 Å². The molecule has 1 aromatic carbocycles. The van der Waals surface area contributed by atoms with Crippen LogP contribution in [0.2, 0.25) is 0 Å². The molecule has 0 bridgehead atoms. The van der Waals surface area contributed by atoms with Crippen LogP contribution in [0.4, 0.5) is 0 Å². The highest BCUT2D eigenvalue weighted by atomic mass is 16.6. The first kappa shape index (κ1) is 15.1. The van der Waals surface area contributed by atoms with Crippen molar-refractivity contribution in [3.8, 4) is 11.5 Å². The van der Waals surface area contributed by atoms with Crippen LogP contribution in [0.3, 0.4) is 0 Å². The van der Waals surface area contributed by atoms with E-state index in [0.717, 1.165) is 0 Å². The minimum atomic E-state index is -1.59. The first-order valence-electron chi connectivity index (χ1n) is 6.35. The molecule has 0 fully saturated rings. The number of cyclic esters (lactones) is 1. The van der Waals surface area contributed by atoms with Crippen molar-refractivity contribution in [1.82, 2.24) is 0 Å². The Labute approximate surface area is 121 Å². The molecule has 0 aromatic heterocycles. The van der Waals surface area contributed by atoms with E-state index < -0.39 is 24.1 Å². The summed E-state index contributed by atoms with van der Waals surface area (Å²) in [5.41, 5.74) is 0.583. The van der Waals surface area contributed by atoms with Crippen molar-refractivity contribution < 1.29 is 33.6 Å².